The molecule has 0 saturated carbocycles. The Morgan fingerprint density at radius 1 is 1.25 bits per heavy atom. The van der Waals surface area contributed by atoms with Crippen molar-refractivity contribution >= 4 is 11.9 Å². The largest absolute Gasteiger partial charge is 0.378 e. The summed E-state index contributed by atoms with van der Waals surface area (Å²) < 4.78 is 0. The van der Waals surface area contributed by atoms with E-state index in [0.29, 0.717) is 0 Å². The normalized spacial score (nSPS) is 10.2. The molecule has 0 N–H and O–H groups in total. The average Bonchev–Trinajstić information content (AvgIpc) is 1.97. The van der Waals surface area contributed by atoms with Crippen LogP contribution >= 0.6 is 0 Å². The van der Waals surface area contributed by atoms with Crippen molar-refractivity contribution in [1.82, 2.24) is 0 Å². The second-order valence-electron chi connectivity index (χ2n) is 3.23. The summed E-state index contributed by atoms with van der Waals surface area (Å²) in [5, 5.41) is 0. The Hall–Kier alpha value is -1.32. The van der Waals surface area contributed by atoms with Crippen LogP contribution in [0, 0.1) is 5.41 Å². The van der Waals surface area contributed by atoms with Crippen molar-refractivity contribution in [1.29, 1.82) is 0 Å². The third kappa shape index (κ3) is 3.75. The third-order valence-electron chi connectivity index (χ3n) is 0.979. The van der Waals surface area contributed by atoms with Crippen LogP contribution < -0.4 is 0 Å². The lowest BCUT2D eigenvalue weighted by molar-refractivity contribution is -0.261. The highest BCUT2D eigenvalue weighted by atomic mass is 17.2. The zero-order valence-corrected chi connectivity index (χ0v) is 7.42. The van der Waals surface area contributed by atoms with Crippen LogP contribution in [-0.4, -0.2) is 11.9 Å². The van der Waals surface area contributed by atoms with Crippen molar-refractivity contribution in [2.45, 2.75) is 20.8 Å². The van der Waals surface area contributed by atoms with Gasteiger partial charge in [0.25, 0.3) is 0 Å². The van der Waals surface area contributed by atoms with Gasteiger partial charge in [-0.2, -0.15) is 0 Å². The summed E-state index contributed by atoms with van der Waals surface area (Å²) in [6, 6.07) is 0. The van der Waals surface area contributed by atoms with E-state index in [1.807, 2.05) is 0 Å². The predicted octanol–water partition coefficient (Wildman–Crippen LogP) is 1.22. The van der Waals surface area contributed by atoms with Crippen LogP contribution in [0.15, 0.2) is 12.7 Å². The zero-order chi connectivity index (χ0) is 9.78. The molecule has 0 radical (unpaired) electrons. The van der Waals surface area contributed by atoms with Crippen LogP contribution in [0.3, 0.4) is 0 Å². The van der Waals surface area contributed by atoms with E-state index in [1.165, 1.54) is 0 Å². The number of carbonyl (C=O) groups excluding carboxylic acids is 2. The lowest BCUT2D eigenvalue weighted by Gasteiger charge is -2.13. The first-order valence-corrected chi connectivity index (χ1v) is 3.43. The first-order chi connectivity index (χ1) is 5.38. The Balaban J connectivity index is 3.88. The highest BCUT2D eigenvalue weighted by molar-refractivity contribution is 5.82. The van der Waals surface area contributed by atoms with Gasteiger partial charge in [0.05, 0.1) is 5.41 Å². The summed E-state index contributed by atoms with van der Waals surface area (Å²) in [5.74, 6) is -1.38. The van der Waals surface area contributed by atoms with Gasteiger partial charge in [-0.25, -0.2) is 19.4 Å². The molecule has 0 aliphatic carbocycles. The molecule has 0 rings (SSSR count). The van der Waals surface area contributed by atoms with E-state index in [4.69, 9.17) is 0 Å². The third-order valence-corrected chi connectivity index (χ3v) is 0.979. The van der Waals surface area contributed by atoms with Crippen LogP contribution in [0.4, 0.5) is 0 Å². The Kier molecular flexibility index (Phi) is 3.47. The molecule has 12 heavy (non-hydrogen) atoms. The topological polar surface area (TPSA) is 52.6 Å². The molecule has 0 aromatic rings. The monoisotopic (exact) mass is 172 g/mol. The molecular weight excluding hydrogens is 160 g/mol. The lowest BCUT2D eigenvalue weighted by atomic mass is 9.98. The van der Waals surface area contributed by atoms with Gasteiger partial charge >= 0.3 is 11.9 Å². The van der Waals surface area contributed by atoms with Gasteiger partial charge in [0.15, 0.2) is 0 Å². The summed E-state index contributed by atoms with van der Waals surface area (Å²) >= 11 is 0. The van der Waals surface area contributed by atoms with Gasteiger partial charge < -0.3 is 0 Å². The number of hydrogen-bond acceptors (Lipinski definition) is 4. The van der Waals surface area contributed by atoms with Gasteiger partial charge in [0, 0.05) is 6.08 Å². The maximum atomic E-state index is 11.0. The quantitative estimate of drug-likeness (QED) is 0.339. The standard InChI is InChI=1S/C8H12O4/c1-5-6(9)11-12-7(10)8(2,3)4/h5H,1H2,2-4H3. The van der Waals surface area contributed by atoms with E-state index in [0.717, 1.165) is 6.08 Å². The van der Waals surface area contributed by atoms with Gasteiger partial charge in [0.1, 0.15) is 0 Å². The first-order valence-electron chi connectivity index (χ1n) is 3.43. The van der Waals surface area contributed by atoms with Gasteiger partial charge in [-0.1, -0.05) is 6.58 Å². The Labute approximate surface area is 71.1 Å². The van der Waals surface area contributed by atoms with E-state index in [1.54, 1.807) is 20.8 Å². The second-order valence-corrected chi connectivity index (χ2v) is 3.23. The summed E-state index contributed by atoms with van der Waals surface area (Å²) in [6.45, 7) is 8.08. The Morgan fingerprint density at radius 2 is 1.75 bits per heavy atom. The first kappa shape index (κ1) is 10.7. The second kappa shape index (κ2) is 3.90. The fourth-order valence-electron chi connectivity index (χ4n) is 0.238. The summed E-state index contributed by atoms with van der Waals surface area (Å²) in [4.78, 5) is 29.6. The van der Waals surface area contributed by atoms with Crippen LogP contribution in [0.2, 0.25) is 0 Å². The molecule has 0 aliphatic heterocycles. The van der Waals surface area contributed by atoms with E-state index in [9.17, 15) is 9.59 Å². The highest BCUT2D eigenvalue weighted by Crippen LogP contribution is 2.14. The Bertz CT molecular complexity index is 200. The average molecular weight is 172 g/mol. The number of hydrogen-bond donors (Lipinski definition) is 0. The highest BCUT2D eigenvalue weighted by Gasteiger charge is 2.25. The zero-order valence-electron chi connectivity index (χ0n) is 7.42. The minimum absolute atomic E-state index is 0.599. The fourth-order valence-corrected chi connectivity index (χ4v) is 0.238. The maximum Gasteiger partial charge on any atom is 0.378 e. The van der Waals surface area contributed by atoms with Crippen molar-refractivity contribution in [2.24, 2.45) is 5.41 Å². The van der Waals surface area contributed by atoms with Gasteiger partial charge in [-0.15, -0.1) is 0 Å². The fraction of sp³-hybridized carbons (Fsp3) is 0.500. The van der Waals surface area contributed by atoms with Gasteiger partial charge in [0.2, 0.25) is 0 Å². The van der Waals surface area contributed by atoms with E-state index in [-0.39, 0.29) is 0 Å². The molecule has 0 aliphatic rings. The predicted molar refractivity (Wildman–Crippen MR) is 41.8 cm³/mol. The number of carbonyl (C=O) groups is 2. The van der Waals surface area contributed by atoms with E-state index in [2.05, 4.69) is 16.4 Å². The SMILES string of the molecule is C=CC(=O)OOC(=O)C(C)(C)C. The smallest absolute Gasteiger partial charge is 0.247 e. The molecule has 0 bridgehead atoms. The minimum Gasteiger partial charge on any atom is -0.247 e. The van der Waals surface area contributed by atoms with Crippen molar-refractivity contribution in [3.05, 3.63) is 12.7 Å². The molecule has 0 fully saturated rings. The molecule has 0 aromatic carbocycles. The van der Waals surface area contributed by atoms with Crippen LogP contribution in [-0.2, 0) is 19.4 Å². The molecule has 68 valence electrons. The van der Waals surface area contributed by atoms with Crippen LogP contribution in [0.1, 0.15) is 20.8 Å². The molecule has 0 spiro atoms. The summed E-state index contributed by atoms with van der Waals surface area (Å²) in [6.07, 6.45) is 0.913. The summed E-state index contributed by atoms with van der Waals surface area (Å²) in [5.41, 5.74) is -0.679. The molecule has 0 saturated heterocycles. The molecule has 4 heteroatoms. The lowest BCUT2D eigenvalue weighted by Crippen LogP contribution is -2.24. The molecule has 0 atom stereocenters. The van der Waals surface area contributed by atoms with Crippen LogP contribution in [0.5, 0.6) is 0 Å². The van der Waals surface area contributed by atoms with Gasteiger partial charge in [-0.3, -0.25) is 0 Å². The molecule has 0 aromatic heterocycles. The van der Waals surface area contributed by atoms with E-state index >= 15 is 0 Å². The Morgan fingerprint density at radius 3 is 2.08 bits per heavy atom. The molecule has 0 unspecified atom stereocenters. The molecule has 4 nitrogen and oxygen atoms in total. The maximum absolute atomic E-state index is 11.0. The van der Waals surface area contributed by atoms with Crippen molar-refractivity contribution in [2.75, 3.05) is 0 Å². The van der Waals surface area contributed by atoms with Crippen molar-refractivity contribution in [3.8, 4) is 0 Å². The van der Waals surface area contributed by atoms with Crippen LogP contribution in [0.25, 0.3) is 0 Å². The van der Waals surface area contributed by atoms with Gasteiger partial charge in [-0.05, 0) is 20.8 Å². The molecular formula is C8H12O4. The van der Waals surface area contributed by atoms with Crippen molar-refractivity contribution < 1.29 is 19.4 Å². The minimum atomic E-state index is -0.785. The number of rotatable bonds is 1. The molecule has 0 amide bonds. The van der Waals surface area contributed by atoms with E-state index < -0.39 is 17.4 Å². The van der Waals surface area contributed by atoms with Crippen molar-refractivity contribution in [3.63, 3.8) is 0 Å². The summed E-state index contributed by atoms with van der Waals surface area (Å²) in [7, 11) is 0. The molecule has 0 heterocycles.